The summed E-state index contributed by atoms with van der Waals surface area (Å²) >= 11 is 1.68. The summed E-state index contributed by atoms with van der Waals surface area (Å²) in [6.45, 7) is 2.30. The largest absolute Gasteiger partial charge is 0.459 e. The van der Waals surface area contributed by atoms with E-state index in [9.17, 15) is 4.79 Å². The van der Waals surface area contributed by atoms with E-state index in [-0.39, 0.29) is 11.6 Å². The summed E-state index contributed by atoms with van der Waals surface area (Å²) in [7, 11) is 1.77. The molecular weight excluding hydrogens is 384 g/mol. The van der Waals surface area contributed by atoms with Crippen LogP contribution in [0.25, 0.3) is 26.8 Å². The van der Waals surface area contributed by atoms with Gasteiger partial charge in [-0.1, -0.05) is 36.4 Å². The highest BCUT2D eigenvalue weighted by atomic mass is 32.1. The number of rotatable bonds is 4. The standard InChI is InChI=1S/C22H18N4O2S/c1-14-7-3-5-9-18(14)26-21(27)17-12-23-25(2)20(17)24-22(26)28-13-16-11-15-8-4-6-10-19(15)29-16/h3-12H,13H2,1-2H3. The van der Waals surface area contributed by atoms with E-state index < -0.39 is 0 Å². The molecule has 29 heavy (non-hydrogen) atoms. The molecule has 0 aliphatic carbocycles. The molecule has 0 N–H and O–H groups in total. The van der Waals surface area contributed by atoms with Crippen molar-refractivity contribution in [3.8, 4) is 11.7 Å². The van der Waals surface area contributed by atoms with Crippen molar-refractivity contribution < 1.29 is 4.74 Å². The number of para-hydroxylation sites is 1. The van der Waals surface area contributed by atoms with Gasteiger partial charge in [0.1, 0.15) is 12.0 Å². The van der Waals surface area contributed by atoms with Crippen molar-refractivity contribution in [3.63, 3.8) is 0 Å². The lowest BCUT2D eigenvalue weighted by Gasteiger charge is -2.14. The van der Waals surface area contributed by atoms with Crippen LogP contribution in [-0.2, 0) is 13.7 Å². The lowest BCUT2D eigenvalue weighted by molar-refractivity contribution is 0.275. The van der Waals surface area contributed by atoms with Crippen molar-refractivity contribution in [1.29, 1.82) is 0 Å². The maximum Gasteiger partial charge on any atom is 0.306 e. The Morgan fingerprint density at radius 1 is 1.10 bits per heavy atom. The number of benzene rings is 2. The van der Waals surface area contributed by atoms with Crippen LogP contribution in [0.2, 0.25) is 0 Å². The molecule has 3 heterocycles. The Morgan fingerprint density at radius 3 is 2.72 bits per heavy atom. The van der Waals surface area contributed by atoms with Crippen molar-refractivity contribution in [2.75, 3.05) is 0 Å². The van der Waals surface area contributed by atoms with Crippen molar-refractivity contribution in [2.24, 2.45) is 7.05 Å². The molecule has 0 fully saturated rings. The van der Waals surface area contributed by atoms with Crippen molar-refractivity contribution in [2.45, 2.75) is 13.5 Å². The molecule has 2 aromatic carbocycles. The topological polar surface area (TPSA) is 61.9 Å². The van der Waals surface area contributed by atoms with Crippen LogP contribution in [0.5, 0.6) is 6.01 Å². The first-order valence-corrected chi connectivity index (χ1v) is 10.0. The Bertz CT molecular complexity index is 1380. The van der Waals surface area contributed by atoms with Gasteiger partial charge >= 0.3 is 6.01 Å². The van der Waals surface area contributed by atoms with Gasteiger partial charge in [-0.15, -0.1) is 11.3 Å². The summed E-state index contributed by atoms with van der Waals surface area (Å²) < 4.78 is 10.4. The van der Waals surface area contributed by atoms with Crippen LogP contribution in [0.1, 0.15) is 10.4 Å². The second-order valence-corrected chi connectivity index (χ2v) is 8.03. The first-order chi connectivity index (χ1) is 14.1. The van der Waals surface area contributed by atoms with E-state index in [0.29, 0.717) is 17.6 Å². The zero-order chi connectivity index (χ0) is 20.0. The average Bonchev–Trinajstić information content (AvgIpc) is 3.31. The summed E-state index contributed by atoms with van der Waals surface area (Å²) in [6.07, 6.45) is 1.55. The number of nitrogens with zero attached hydrogens (tertiary/aromatic N) is 4. The summed E-state index contributed by atoms with van der Waals surface area (Å²) in [4.78, 5) is 19.0. The maximum absolute atomic E-state index is 13.3. The number of thiophene rings is 1. The van der Waals surface area contributed by atoms with Gasteiger partial charge in [-0.25, -0.2) is 4.57 Å². The molecule has 0 saturated heterocycles. The summed E-state index contributed by atoms with van der Waals surface area (Å²) in [6, 6.07) is 18.3. The molecule has 7 heteroatoms. The fourth-order valence-corrected chi connectivity index (χ4v) is 4.41. The van der Waals surface area contributed by atoms with Crippen molar-refractivity contribution in [1.82, 2.24) is 19.3 Å². The first-order valence-electron chi connectivity index (χ1n) is 9.23. The van der Waals surface area contributed by atoms with Crippen LogP contribution >= 0.6 is 11.3 Å². The number of ether oxygens (including phenoxy) is 1. The zero-order valence-corrected chi connectivity index (χ0v) is 16.8. The highest BCUT2D eigenvalue weighted by Gasteiger charge is 2.18. The molecular formula is C22H18N4O2S. The molecule has 0 aliphatic heterocycles. The third-order valence-corrected chi connectivity index (χ3v) is 6.00. The van der Waals surface area contributed by atoms with Crippen LogP contribution in [0.15, 0.2) is 65.6 Å². The smallest absolute Gasteiger partial charge is 0.306 e. The molecule has 0 atom stereocenters. The zero-order valence-electron chi connectivity index (χ0n) is 16.0. The van der Waals surface area contributed by atoms with E-state index in [1.54, 1.807) is 29.3 Å². The summed E-state index contributed by atoms with van der Waals surface area (Å²) in [5.41, 5.74) is 2.03. The average molecular weight is 402 g/mol. The molecule has 0 radical (unpaired) electrons. The summed E-state index contributed by atoms with van der Waals surface area (Å²) in [5, 5.41) is 5.84. The quantitative estimate of drug-likeness (QED) is 0.452. The third kappa shape index (κ3) is 3.00. The van der Waals surface area contributed by atoms with E-state index in [2.05, 4.69) is 28.3 Å². The van der Waals surface area contributed by atoms with E-state index in [0.717, 1.165) is 16.1 Å². The molecule has 0 aliphatic rings. The van der Waals surface area contributed by atoms with Crippen LogP contribution in [-0.4, -0.2) is 19.3 Å². The second-order valence-electron chi connectivity index (χ2n) is 6.87. The fraction of sp³-hybridized carbons (Fsp3) is 0.136. The van der Waals surface area contributed by atoms with E-state index >= 15 is 0 Å². The monoisotopic (exact) mass is 402 g/mol. The van der Waals surface area contributed by atoms with Gasteiger partial charge in [-0.3, -0.25) is 9.48 Å². The highest BCUT2D eigenvalue weighted by molar-refractivity contribution is 7.19. The van der Waals surface area contributed by atoms with Gasteiger partial charge in [0.15, 0.2) is 5.65 Å². The van der Waals surface area contributed by atoms with E-state index in [1.165, 1.54) is 14.7 Å². The normalized spacial score (nSPS) is 11.4. The predicted molar refractivity (Wildman–Crippen MR) is 115 cm³/mol. The van der Waals surface area contributed by atoms with Crippen LogP contribution in [0.3, 0.4) is 0 Å². The molecule has 144 valence electrons. The van der Waals surface area contributed by atoms with Gasteiger partial charge in [0.2, 0.25) is 0 Å². The van der Waals surface area contributed by atoms with Crippen LogP contribution < -0.4 is 10.3 Å². The maximum atomic E-state index is 13.3. The second kappa shape index (κ2) is 6.86. The van der Waals surface area contributed by atoms with Crippen molar-refractivity contribution in [3.05, 3.63) is 81.6 Å². The van der Waals surface area contributed by atoms with Crippen LogP contribution in [0, 0.1) is 6.92 Å². The molecule has 0 amide bonds. The van der Waals surface area contributed by atoms with Crippen LogP contribution in [0.4, 0.5) is 0 Å². The fourth-order valence-electron chi connectivity index (χ4n) is 3.43. The molecule has 3 aromatic heterocycles. The Hall–Kier alpha value is -3.45. The Kier molecular flexibility index (Phi) is 4.17. The van der Waals surface area contributed by atoms with Gasteiger partial charge in [0.05, 0.1) is 11.9 Å². The molecule has 0 spiro atoms. The lowest BCUT2D eigenvalue weighted by atomic mass is 10.2. The first kappa shape index (κ1) is 17.6. The SMILES string of the molecule is Cc1ccccc1-n1c(OCc2cc3ccccc3s2)nc2c(cnn2C)c1=O. The van der Waals surface area contributed by atoms with Gasteiger partial charge in [-0.05, 0) is 36.1 Å². The summed E-state index contributed by atoms with van der Waals surface area (Å²) in [5.74, 6) is 0. The number of hydrogen-bond donors (Lipinski definition) is 0. The van der Waals surface area contributed by atoms with Gasteiger partial charge in [0.25, 0.3) is 5.56 Å². The van der Waals surface area contributed by atoms with Gasteiger partial charge in [0, 0.05) is 16.6 Å². The minimum Gasteiger partial charge on any atom is -0.459 e. The third-order valence-electron chi connectivity index (χ3n) is 4.91. The minimum absolute atomic E-state index is 0.191. The molecule has 0 bridgehead atoms. The number of hydrogen-bond acceptors (Lipinski definition) is 5. The predicted octanol–water partition coefficient (Wildman–Crippen LogP) is 4.22. The molecule has 5 rings (SSSR count). The Morgan fingerprint density at radius 2 is 1.90 bits per heavy atom. The lowest BCUT2D eigenvalue weighted by Crippen LogP contribution is -2.22. The number of fused-ring (bicyclic) bond motifs is 2. The van der Waals surface area contributed by atoms with Crippen molar-refractivity contribution >= 4 is 32.5 Å². The molecule has 0 saturated carbocycles. The van der Waals surface area contributed by atoms with E-state index in [1.807, 2.05) is 43.3 Å². The number of aryl methyl sites for hydroxylation is 2. The molecule has 6 nitrogen and oxygen atoms in total. The highest BCUT2D eigenvalue weighted by Crippen LogP contribution is 2.27. The van der Waals surface area contributed by atoms with Gasteiger partial charge < -0.3 is 4.74 Å². The Balaban J connectivity index is 1.63. The molecule has 5 aromatic rings. The number of aromatic nitrogens is 4. The van der Waals surface area contributed by atoms with Gasteiger partial charge in [-0.2, -0.15) is 10.1 Å². The Labute approximate surface area is 170 Å². The minimum atomic E-state index is -0.191. The van der Waals surface area contributed by atoms with E-state index in [4.69, 9.17) is 4.74 Å². The molecule has 0 unspecified atom stereocenters.